The quantitative estimate of drug-likeness (QED) is 0.591. The van der Waals surface area contributed by atoms with Crippen molar-refractivity contribution in [1.29, 1.82) is 0 Å². The lowest BCUT2D eigenvalue weighted by atomic mass is 10.2. The highest BCUT2D eigenvalue weighted by molar-refractivity contribution is 7.15. The molecule has 0 radical (unpaired) electrons. The zero-order chi connectivity index (χ0) is 9.84. The van der Waals surface area contributed by atoms with Gasteiger partial charge in [0.2, 0.25) is 6.41 Å². The number of nitrogens with one attached hydrogen (secondary N) is 1. The van der Waals surface area contributed by atoms with Crippen molar-refractivity contribution in [1.82, 2.24) is 0 Å². The zero-order valence-corrected chi connectivity index (χ0v) is 8.10. The molecule has 0 fully saturated rings. The van der Waals surface area contributed by atoms with E-state index in [1.54, 1.807) is 12.3 Å². The molecule has 0 aliphatic carbocycles. The van der Waals surface area contributed by atoms with Gasteiger partial charge in [-0.3, -0.25) is 4.79 Å². The summed E-state index contributed by atoms with van der Waals surface area (Å²) >= 11 is 1.30. The SMILES string of the molecule is COC(=O)c1c(C)csc1NC=O. The second kappa shape index (κ2) is 4.04. The Morgan fingerprint density at radius 2 is 2.38 bits per heavy atom. The van der Waals surface area contributed by atoms with Crippen molar-refractivity contribution in [2.45, 2.75) is 6.92 Å². The van der Waals surface area contributed by atoms with Crippen LogP contribution in [0.15, 0.2) is 5.38 Å². The second-order valence-electron chi connectivity index (χ2n) is 2.38. The van der Waals surface area contributed by atoms with Crippen molar-refractivity contribution in [3.05, 3.63) is 16.5 Å². The van der Waals surface area contributed by atoms with Gasteiger partial charge in [-0.25, -0.2) is 4.79 Å². The van der Waals surface area contributed by atoms with Gasteiger partial charge in [0.15, 0.2) is 0 Å². The van der Waals surface area contributed by atoms with Crippen LogP contribution in [0.3, 0.4) is 0 Å². The molecule has 70 valence electrons. The average molecular weight is 199 g/mol. The third-order valence-electron chi connectivity index (χ3n) is 1.55. The molecule has 1 aromatic rings. The third kappa shape index (κ3) is 1.86. The number of esters is 1. The molecule has 0 unspecified atom stereocenters. The van der Waals surface area contributed by atoms with Crippen molar-refractivity contribution < 1.29 is 14.3 Å². The third-order valence-corrected chi connectivity index (χ3v) is 2.58. The van der Waals surface area contributed by atoms with Gasteiger partial charge < -0.3 is 10.1 Å². The smallest absolute Gasteiger partial charge is 0.341 e. The van der Waals surface area contributed by atoms with Crippen molar-refractivity contribution in [3.63, 3.8) is 0 Å². The Hall–Kier alpha value is -1.36. The van der Waals surface area contributed by atoms with Crippen molar-refractivity contribution in [3.8, 4) is 0 Å². The van der Waals surface area contributed by atoms with Gasteiger partial charge in [-0.15, -0.1) is 11.3 Å². The van der Waals surface area contributed by atoms with Gasteiger partial charge in [-0.1, -0.05) is 0 Å². The molecule has 1 rings (SSSR count). The molecule has 1 aromatic heterocycles. The summed E-state index contributed by atoms with van der Waals surface area (Å²) in [6.07, 6.45) is 0.539. The maximum Gasteiger partial charge on any atom is 0.341 e. The molecule has 4 nitrogen and oxygen atoms in total. The Bertz CT molecular complexity index is 332. The normalized spacial score (nSPS) is 9.38. The molecule has 0 atom stereocenters. The zero-order valence-electron chi connectivity index (χ0n) is 7.29. The number of thiophene rings is 1. The Labute approximate surface area is 79.5 Å². The van der Waals surface area contributed by atoms with Crippen molar-refractivity contribution >= 4 is 28.7 Å². The molecule has 0 saturated carbocycles. The molecular weight excluding hydrogens is 190 g/mol. The number of methoxy groups -OCH3 is 1. The van der Waals surface area contributed by atoms with Gasteiger partial charge in [-0.2, -0.15) is 0 Å². The molecular formula is C8H9NO3S. The molecule has 13 heavy (non-hydrogen) atoms. The number of amides is 1. The molecule has 1 heterocycles. The van der Waals surface area contributed by atoms with Crippen LogP contribution in [0.5, 0.6) is 0 Å². The number of carbonyl (C=O) groups is 2. The first-order valence-corrected chi connectivity index (χ1v) is 4.45. The number of hydrogen-bond acceptors (Lipinski definition) is 4. The predicted octanol–water partition coefficient (Wildman–Crippen LogP) is 1.41. The molecule has 0 saturated heterocycles. The number of anilines is 1. The van der Waals surface area contributed by atoms with Gasteiger partial charge in [0.1, 0.15) is 5.00 Å². The Kier molecular flexibility index (Phi) is 3.02. The summed E-state index contributed by atoms with van der Waals surface area (Å²) < 4.78 is 4.57. The Balaban J connectivity index is 3.07. The molecule has 0 aliphatic rings. The lowest BCUT2D eigenvalue weighted by Crippen LogP contribution is -2.05. The van der Waals surface area contributed by atoms with E-state index in [0.717, 1.165) is 5.56 Å². The van der Waals surface area contributed by atoms with Crippen LogP contribution < -0.4 is 5.32 Å². The number of ether oxygens (including phenoxy) is 1. The largest absolute Gasteiger partial charge is 0.465 e. The molecule has 0 aliphatic heterocycles. The fourth-order valence-electron chi connectivity index (χ4n) is 0.960. The number of hydrogen-bond donors (Lipinski definition) is 1. The first-order valence-electron chi connectivity index (χ1n) is 3.57. The highest BCUT2D eigenvalue weighted by atomic mass is 32.1. The Morgan fingerprint density at radius 3 is 2.92 bits per heavy atom. The van der Waals surface area contributed by atoms with E-state index in [2.05, 4.69) is 10.1 Å². The summed E-state index contributed by atoms with van der Waals surface area (Å²) in [5.74, 6) is -0.428. The van der Waals surface area contributed by atoms with E-state index in [-0.39, 0.29) is 0 Å². The first-order chi connectivity index (χ1) is 6.20. The van der Waals surface area contributed by atoms with Crippen LogP contribution in [-0.2, 0) is 9.53 Å². The standard InChI is InChI=1S/C8H9NO3S/c1-5-3-13-7(9-4-10)6(5)8(11)12-2/h3-4H,1-2H3,(H,9,10). The Morgan fingerprint density at radius 1 is 1.69 bits per heavy atom. The fraction of sp³-hybridized carbons (Fsp3) is 0.250. The molecule has 0 aromatic carbocycles. The van der Waals surface area contributed by atoms with E-state index >= 15 is 0 Å². The van der Waals surface area contributed by atoms with E-state index in [0.29, 0.717) is 17.0 Å². The van der Waals surface area contributed by atoms with Gasteiger partial charge in [0, 0.05) is 0 Å². The van der Waals surface area contributed by atoms with E-state index in [1.165, 1.54) is 18.4 Å². The van der Waals surface area contributed by atoms with Gasteiger partial charge in [0.05, 0.1) is 12.7 Å². The lowest BCUT2D eigenvalue weighted by Gasteiger charge is -2.00. The highest BCUT2D eigenvalue weighted by Crippen LogP contribution is 2.27. The van der Waals surface area contributed by atoms with Gasteiger partial charge in [0.25, 0.3) is 0 Å². The summed E-state index contributed by atoms with van der Waals surface area (Å²) in [5, 5.41) is 4.77. The number of carbonyl (C=O) groups excluding carboxylic acids is 2. The maximum atomic E-state index is 11.2. The van der Waals surface area contributed by atoms with Crippen LogP contribution in [0.25, 0.3) is 0 Å². The molecule has 0 spiro atoms. The van der Waals surface area contributed by atoms with Crippen molar-refractivity contribution in [2.24, 2.45) is 0 Å². The van der Waals surface area contributed by atoms with Crippen LogP contribution >= 0.6 is 11.3 Å². The summed E-state index contributed by atoms with van der Waals surface area (Å²) in [7, 11) is 1.31. The maximum absolute atomic E-state index is 11.2. The van der Waals surface area contributed by atoms with Crippen LogP contribution in [0.1, 0.15) is 15.9 Å². The highest BCUT2D eigenvalue weighted by Gasteiger charge is 2.16. The first kappa shape index (κ1) is 9.73. The predicted molar refractivity (Wildman–Crippen MR) is 50.1 cm³/mol. The summed E-state index contributed by atoms with van der Waals surface area (Å²) in [6.45, 7) is 1.79. The summed E-state index contributed by atoms with van der Waals surface area (Å²) in [4.78, 5) is 21.4. The molecule has 1 N–H and O–H groups in total. The molecule has 0 bridgehead atoms. The van der Waals surface area contributed by atoms with E-state index in [1.807, 2.05) is 0 Å². The summed E-state index contributed by atoms with van der Waals surface area (Å²) in [6, 6.07) is 0. The molecule has 5 heteroatoms. The van der Waals surface area contributed by atoms with Crippen LogP contribution in [0.4, 0.5) is 5.00 Å². The van der Waals surface area contributed by atoms with Gasteiger partial charge in [-0.05, 0) is 17.9 Å². The monoisotopic (exact) mass is 199 g/mol. The van der Waals surface area contributed by atoms with Crippen LogP contribution in [0.2, 0.25) is 0 Å². The lowest BCUT2D eigenvalue weighted by molar-refractivity contribution is -0.105. The van der Waals surface area contributed by atoms with E-state index < -0.39 is 5.97 Å². The minimum absolute atomic E-state index is 0.428. The molecule has 1 amide bonds. The topological polar surface area (TPSA) is 55.4 Å². The average Bonchev–Trinajstić information content (AvgIpc) is 2.47. The second-order valence-corrected chi connectivity index (χ2v) is 3.26. The van der Waals surface area contributed by atoms with E-state index in [4.69, 9.17) is 0 Å². The van der Waals surface area contributed by atoms with Crippen LogP contribution in [0, 0.1) is 6.92 Å². The number of aryl methyl sites for hydroxylation is 1. The number of rotatable bonds is 3. The van der Waals surface area contributed by atoms with Crippen molar-refractivity contribution in [2.75, 3.05) is 12.4 Å². The minimum atomic E-state index is -0.428. The fourth-order valence-corrected chi connectivity index (χ4v) is 1.85. The van der Waals surface area contributed by atoms with Gasteiger partial charge >= 0.3 is 5.97 Å². The summed E-state index contributed by atoms with van der Waals surface area (Å²) in [5.41, 5.74) is 1.24. The van der Waals surface area contributed by atoms with Crippen LogP contribution in [-0.4, -0.2) is 19.5 Å². The van der Waals surface area contributed by atoms with E-state index in [9.17, 15) is 9.59 Å². The minimum Gasteiger partial charge on any atom is -0.465 e.